The van der Waals surface area contributed by atoms with Gasteiger partial charge in [0.1, 0.15) is 34.6 Å². The fourth-order valence-electron chi connectivity index (χ4n) is 3.05. The summed E-state index contributed by atoms with van der Waals surface area (Å²) in [6, 6.07) is 12.4. The van der Waals surface area contributed by atoms with Gasteiger partial charge in [0.15, 0.2) is 0 Å². The van der Waals surface area contributed by atoms with Gasteiger partial charge in [-0.15, -0.1) is 0 Å². The Bertz CT molecular complexity index is 1140. The molecule has 0 unspecified atom stereocenters. The van der Waals surface area contributed by atoms with Crippen LogP contribution in [0.25, 0.3) is 0 Å². The first-order valence-corrected chi connectivity index (χ1v) is 10.4. The van der Waals surface area contributed by atoms with Crippen LogP contribution in [0.1, 0.15) is 24.0 Å². The maximum absolute atomic E-state index is 12.7. The van der Waals surface area contributed by atoms with Crippen LogP contribution in [0.3, 0.4) is 0 Å². The van der Waals surface area contributed by atoms with Crippen molar-refractivity contribution in [2.24, 2.45) is 10.8 Å². The summed E-state index contributed by atoms with van der Waals surface area (Å²) in [4.78, 5) is -0.206. The topological polar surface area (TPSA) is 142 Å². The van der Waals surface area contributed by atoms with E-state index in [0.29, 0.717) is 5.75 Å². The molecule has 0 aliphatic heterocycles. The van der Waals surface area contributed by atoms with Gasteiger partial charge >= 0.3 is 10.1 Å². The summed E-state index contributed by atoms with van der Waals surface area (Å²) in [6.07, 6.45) is 1.47. The maximum atomic E-state index is 12.7. The molecule has 0 radical (unpaired) electrons. The molecule has 30 heavy (non-hydrogen) atoms. The molecular weight excluding hydrogens is 406 g/mol. The Balaban J connectivity index is 1.80. The van der Waals surface area contributed by atoms with Gasteiger partial charge in [0.25, 0.3) is 0 Å². The molecule has 2 aromatic rings. The van der Waals surface area contributed by atoms with E-state index in [1.807, 2.05) is 6.07 Å². The minimum atomic E-state index is -4.20. The van der Waals surface area contributed by atoms with Gasteiger partial charge in [-0.05, 0) is 49.6 Å². The van der Waals surface area contributed by atoms with Crippen molar-refractivity contribution in [2.45, 2.75) is 30.2 Å². The maximum Gasteiger partial charge on any atom is 0.340 e. The molecule has 156 valence electrons. The molecule has 9 nitrogen and oxygen atoms in total. The van der Waals surface area contributed by atoms with E-state index < -0.39 is 15.7 Å². The first-order valence-electron chi connectivity index (χ1n) is 9.00. The summed E-state index contributed by atoms with van der Waals surface area (Å²) in [6.45, 7) is 5.41. The van der Waals surface area contributed by atoms with Gasteiger partial charge in [0.05, 0.1) is 5.56 Å². The standard InChI is InChI=1S/C20H21N5O4S/c1-14-9-16(28-13-20(7-8-20)25(24-2)19(22)23)11-17(10-14)29-30(26,27)18-6-4-3-5-15(18)12-21/h3-6,9-11H,2,7-8,13H2,1H3,(H3,22,23). The van der Waals surface area contributed by atoms with Crippen molar-refractivity contribution >= 4 is 22.8 Å². The number of hydrogen-bond acceptors (Lipinski definition) is 7. The Morgan fingerprint density at radius 3 is 2.60 bits per heavy atom. The minimum absolute atomic E-state index is 0.00134. The third-order valence-corrected chi connectivity index (χ3v) is 5.97. The van der Waals surface area contributed by atoms with Crippen LogP contribution in [0.2, 0.25) is 0 Å². The van der Waals surface area contributed by atoms with Gasteiger partial charge in [-0.2, -0.15) is 18.8 Å². The number of nitrogens with zero attached hydrogens (tertiary/aromatic N) is 3. The molecule has 0 aromatic heterocycles. The van der Waals surface area contributed by atoms with E-state index in [1.54, 1.807) is 25.1 Å². The monoisotopic (exact) mass is 427 g/mol. The molecule has 1 aliphatic rings. The molecule has 3 rings (SSSR count). The fourth-order valence-corrected chi connectivity index (χ4v) is 4.12. The summed E-state index contributed by atoms with van der Waals surface area (Å²) in [7, 11) is -4.20. The second-order valence-electron chi connectivity index (χ2n) is 6.98. The van der Waals surface area contributed by atoms with E-state index in [-0.39, 0.29) is 28.8 Å². The van der Waals surface area contributed by atoms with E-state index in [9.17, 15) is 8.42 Å². The van der Waals surface area contributed by atoms with Crippen molar-refractivity contribution in [3.63, 3.8) is 0 Å². The molecule has 1 aliphatic carbocycles. The number of aryl methyl sites for hydroxylation is 1. The number of benzene rings is 2. The van der Waals surface area contributed by atoms with Gasteiger partial charge in [-0.3, -0.25) is 5.41 Å². The number of hydrogen-bond donors (Lipinski definition) is 2. The zero-order valence-electron chi connectivity index (χ0n) is 16.3. The summed E-state index contributed by atoms with van der Waals surface area (Å²) < 4.78 is 36.4. The van der Waals surface area contributed by atoms with E-state index in [2.05, 4.69) is 11.8 Å². The number of ether oxygens (including phenoxy) is 1. The number of guanidine groups is 1. The quantitative estimate of drug-likeness (QED) is 0.285. The van der Waals surface area contributed by atoms with Gasteiger partial charge in [-0.1, -0.05) is 12.1 Å². The SMILES string of the molecule is C=NN(C(=N)N)C1(COc2cc(C)cc(OS(=O)(=O)c3ccccc3C#N)c2)CC1. The van der Waals surface area contributed by atoms with Crippen molar-refractivity contribution < 1.29 is 17.3 Å². The summed E-state index contributed by atoms with van der Waals surface area (Å²) in [5, 5.41) is 21.9. The van der Waals surface area contributed by atoms with Crippen LogP contribution < -0.4 is 14.7 Å². The summed E-state index contributed by atoms with van der Waals surface area (Å²) in [5.41, 5.74) is 5.74. The van der Waals surface area contributed by atoms with Crippen LogP contribution in [0.5, 0.6) is 11.5 Å². The van der Waals surface area contributed by atoms with Crippen LogP contribution in [0.4, 0.5) is 0 Å². The average Bonchev–Trinajstić information content (AvgIpc) is 3.46. The normalized spacial score (nSPS) is 14.3. The lowest BCUT2D eigenvalue weighted by molar-refractivity contribution is 0.181. The summed E-state index contributed by atoms with van der Waals surface area (Å²) >= 11 is 0. The molecule has 0 atom stereocenters. The smallest absolute Gasteiger partial charge is 0.340 e. The average molecular weight is 427 g/mol. The highest BCUT2D eigenvalue weighted by atomic mass is 32.2. The lowest BCUT2D eigenvalue weighted by Gasteiger charge is -2.27. The molecule has 10 heteroatoms. The predicted octanol–water partition coefficient (Wildman–Crippen LogP) is 2.36. The highest BCUT2D eigenvalue weighted by Gasteiger charge is 2.50. The van der Waals surface area contributed by atoms with Crippen molar-refractivity contribution in [3.05, 3.63) is 53.6 Å². The van der Waals surface area contributed by atoms with E-state index >= 15 is 0 Å². The van der Waals surface area contributed by atoms with Crippen LogP contribution in [-0.2, 0) is 10.1 Å². The number of nitrogens with one attached hydrogen (secondary N) is 1. The van der Waals surface area contributed by atoms with Crippen molar-refractivity contribution in [1.29, 1.82) is 10.7 Å². The highest BCUT2D eigenvalue weighted by Crippen LogP contribution is 2.42. The molecule has 1 fully saturated rings. The van der Waals surface area contributed by atoms with Gasteiger partial charge in [-0.25, -0.2) is 5.01 Å². The second kappa shape index (κ2) is 8.04. The Hall–Kier alpha value is -3.58. The minimum Gasteiger partial charge on any atom is -0.491 e. The molecule has 1 saturated carbocycles. The predicted molar refractivity (Wildman–Crippen MR) is 111 cm³/mol. The fraction of sp³-hybridized carbons (Fsp3) is 0.250. The Morgan fingerprint density at radius 2 is 2.00 bits per heavy atom. The number of rotatable bonds is 8. The zero-order chi connectivity index (χ0) is 21.9. The molecule has 2 aromatic carbocycles. The summed E-state index contributed by atoms with van der Waals surface area (Å²) in [5.74, 6) is 0.238. The van der Waals surface area contributed by atoms with Gasteiger partial charge in [0.2, 0.25) is 5.96 Å². The Labute approximate surface area is 175 Å². The van der Waals surface area contributed by atoms with Crippen LogP contribution in [0, 0.1) is 23.7 Å². The molecular formula is C20H21N5O4S. The molecule has 0 saturated heterocycles. The van der Waals surface area contributed by atoms with E-state index in [0.717, 1.165) is 18.4 Å². The lowest BCUT2D eigenvalue weighted by atomic mass is 10.2. The first kappa shape index (κ1) is 21.1. The van der Waals surface area contributed by atoms with Crippen LogP contribution >= 0.6 is 0 Å². The van der Waals surface area contributed by atoms with Crippen LogP contribution in [0.15, 0.2) is 52.5 Å². The molecule has 3 N–H and O–H groups in total. The molecule has 0 amide bonds. The molecule has 0 bridgehead atoms. The Morgan fingerprint density at radius 1 is 1.33 bits per heavy atom. The van der Waals surface area contributed by atoms with E-state index in [1.165, 1.54) is 29.3 Å². The number of hydrazone groups is 1. The second-order valence-corrected chi connectivity index (χ2v) is 8.49. The third kappa shape index (κ3) is 4.36. The molecule has 0 spiro atoms. The van der Waals surface area contributed by atoms with Crippen molar-refractivity contribution in [1.82, 2.24) is 5.01 Å². The Kier molecular flexibility index (Phi) is 5.67. The highest BCUT2D eigenvalue weighted by molar-refractivity contribution is 7.87. The van der Waals surface area contributed by atoms with Crippen molar-refractivity contribution in [3.8, 4) is 17.6 Å². The first-order chi connectivity index (χ1) is 14.2. The largest absolute Gasteiger partial charge is 0.491 e. The number of nitriles is 1. The van der Waals surface area contributed by atoms with Gasteiger partial charge < -0.3 is 14.7 Å². The van der Waals surface area contributed by atoms with Crippen molar-refractivity contribution in [2.75, 3.05) is 6.61 Å². The zero-order valence-corrected chi connectivity index (χ0v) is 17.1. The third-order valence-electron chi connectivity index (χ3n) is 4.66. The lowest BCUT2D eigenvalue weighted by Crippen LogP contribution is -2.45. The van der Waals surface area contributed by atoms with Gasteiger partial charge in [0, 0.05) is 12.8 Å². The van der Waals surface area contributed by atoms with E-state index in [4.69, 9.17) is 25.3 Å². The molecule has 0 heterocycles. The number of nitrogens with two attached hydrogens (primary N) is 1. The van der Waals surface area contributed by atoms with Crippen LogP contribution in [-0.4, -0.2) is 38.2 Å².